The maximum atomic E-state index is 12.9. The molecular formula is C41H50N6O3. The summed E-state index contributed by atoms with van der Waals surface area (Å²) < 4.78 is 6.28. The number of carboxylic acid groups (broad SMARTS) is 1. The molecule has 50 heavy (non-hydrogen) atoms. The molecule has 0 bridgehead atoms. The number of benzene rings is 2. The highest BCUT2D eigenvalue weighted by molar-refractivity contribution is 5.89. The summed E-state index contributed by atoms with van der Waals surface area (Å²) in [5.74, 6) is -0.182. The summed E-state index contributed by atoms with van der Waals surface area (Å²) in [6.45, 7) is 17.4. The van der Waals surface area contributed by atoms with Crippen LogP contribution >= 0.6 is 0 Å². The van der Waals surface area contributed by atoms with E-state index in [0.717, 1.165) is 84.0 Å². The lowest BCUT2D eigenvalue weighted by Crippen LogP contribution is -2.39. The van der Waals surface area contributed by atoms with Crippen molar-refractivity contribution in [2.45, 2.75) is 86.0 Å². The predicted octanol–water partition coefficient (Wildman–Crippen LogP) is 8.00. The van der Waals surface area contributed by atoms with E-state index in [2.05, 4.69) is 58.0 Å². The number of aryl methyl sites for hydroxylation is 2. The summed E-state index contributed by atoms with van der Waals surface area (Å²) in [6, 6.07) is 18.8. The van der Waals surface area contributed by atoms with Gasteiger partial charge in [0.1, 0.15) is 0 Å². The van der Waals surface area contributed by atoms with E-state index in [1.54, 1.807) is 7.05 Å². The van der Waals surface area contributed by atoms with Crippen molar-refractivity contribution in [1.82, 2.24) is 15.2 Å². The van der Waals surface area contributed by atoms with E-state index in [9.17, 15) is 9.90 Å². The fourth-order valence-electron chi connectivity index (χ4n) is 7.27. The number of anilines is 2. The molecule has 262 valence electrons. The Morgan fingerprint density at radius 2 is 1.66 bits per heavy atom. The quantitative estimate of drug-likeness (QED) is 0.188. The van der Waals surface area contributed by atoms with Crippen molar-refractivity contribution in [1.29, 1.82) is 0 Å². The number of hydrogen-bond donors (Lipinski definition) is 1. The minimum absolute atomic E-state index is 0.231. The topological polar surface area (TPSA) is 104 Å². The average molecular weight is 675 g/mol. The lowest BCUT2D eigenvalue weighted by atomic mass is 9.81. The average Bonchev–Trinajstić information content (AvgIpc) is 3.07. The molecule has 1 N–H and O–H groups in total. The lowest BCUT2D eigenvalue weighted by Gasteiger charge is -2.41. The number of hydrogen-bond acceptors (Lipinski definition) is 8. The van der Waals surface area contributed by atoms with Crippen LogP contribution in [-0.2, 0) is 22.5 Å². The number of aliphatic imine (C=N–C) groups is 1. The van der Waals surface area contributed by atoms with E-state index in [1.807, 2.05) is 71.2 Å². The highest BCUT2D eigenvalue weighted by atomic mass is 16.5. The van der Waals surface area contributed by atoms with Crippen molar-refractivity contribution in [2.75, 3.05) is 36.5 Å². The van der Waals surface area contributed by atoms with Crippen molar-refractivity contribution in [3.63, 3.8) is 0 Å². The van der Waals surface area contributed by atoms with Crippen molar-refractivity contribution in [3.05, 3.63) is 88.2 Å². The van der Waals surface area contributed by atoms with Crippen LogP contribution in [0.2, 0.25) is 0 Å². The van der Waals surface area contributed by atoms with Gasteiger partial charge in [-0.05, 0) is 82.1 Å². The SMILES string of the molecule is CN=Cc1cc(-c2ccccc2)nnc1N1CCc2cc(-c3c(C)nc(C)c([C@H](OC(C)(C)C)C(=O)O)c3N3CCC(C)(C)CC3)ccc2C1. The van der Waals surface area contributed by atoms with Gasteiger partial charge in [0.2, 0.25) is 0 Å². The Balaban J connectivity index is 1.40. The van der Waals surface area contributed by atoms with Gasteiger partial charge in [-0.15, -0.1) is 10.2 Å². The molecule has 0 aliphatic carbocycles. The van der Waals surface area contributed by atoms with Crippen LogP contribution in [-0.4, -0.2) is 64.8 Å². The van der Waals surface area contributed by atoms with Crippen LogP contribution in [0.4, 0.5) is 11.5 Å². The first-order valence-electron chi connectivity index (χ1n) is 17.6. The Morgan fingerprint density at radius 1 is 0.940 bits per heavy atom. The van der Waals surface area contributed by atoms with E-state index in [4.69, 9.17) is 14.8 Å². The summed E-state index contributed by atoms with van der Waals surface area (Å²) in [5.41, 5.74) is 10.1. The normalized spacial score (nSPS) is 16.8. The molecule has 2 aromatic carbocycles. The van der Waals surface area contributed by atoms with Crippen molar-refractivity contribution in [3.8, 4) is 22.4 Å². The molecule has 0 saturated carbocycles. The van der Waals surface area contributed by atoms with E-state index < -0.39 is 17.7 Å². The van der Waals surface area contributed by atoms with Crippen LogP contribution in [0.3, 0.4) is 0 Å². The molecule has 9 nitrogen and oxygen atoms in total. The third-order valence-electron chi connectivity index (χ3n) is 9.92. The zero-order valence-corrected chi connectivity index (χ0v) is 30.7. The predicted molar refractivity (Wildman–Crippen MR) is 201 cm³/mol. The molecule has 0 amide bonds. The monoisotopic (exact) mass is 674 g/mol. The number of fused-ring (bicyclic) bond motifs is 1. The molecule has 0 radical (unpaired) electrons. The Morgan fingerprint density at radius 3 is 2.32 bits per heavy atom. The van der Waals surface area contributed by atoms with Gasteiger partial charge in [-0.3, -0.25) is 9.98 Å². The Bertz CT molecular complexity index is 1900. The zero-order chi connectivity index (χ0) is 35.8. The second-order valence-corrected chi connectivity index (χ2v) is 15.4. The van der Waals surface area contributed by atoms with Gasteiger partial charge in [0, 0.05) is 73.1 Å². The number of rotatable bonds is 8. The third-order valence-corrected chi connectivity index (χ3v) is 9.92. The number of aliphatic carboxylic acids is 1. The largest absolute Gasteiger partial charge is 0.479 e. The standard InChI is InChI=1S/C41H50N6O3/c1-26-34(36(46-20-17-41(6,7)18-21-46)35(27(2)43-26)37(39(48)49)50-40(3,4)5)30-14-15-31-25-47(19-16-29(31)22-30)38-32(24-42-8)23-33(44-45-38)28-12-10-9-11-13-28/h9-15,22-24,37H,16-21,25H2,1-8H3,(H,48,49)/t37-/m0/s1. The van der Waals surface area contributed by atoms with Gasteiger partial charge in [0.05, 0.1) is 17.0 Å². The summed E-state index contributed by atoms with van der Waals surface area (Å²) >= 11 is 0. The maximum Gasteiger partial charge on any atom is 0.337 e. The van der Waals surface area contributed by atoms with Gasteiger partial charge < -0.3 is 19.6 Å². The number of ether oxygens (including phenoxy) is 1. The first kappa shape index (κ1) is 35.2. The Kier molecular flexibility index (Phi) is 9.82. The number of nitrogens with zero attached hydrogens (tertiary/aromatic N) is 6. The van der Waals surface area contributed by atoms with E-state index in [0.29, 0.717) is 17.8 Å². The Labute approximate surface area is 296 Å². The Hall–Kier alpha value is -4.63. The van der Waals surface area contributed by atoms with Crippen molar-refractivity contribution < 1.29 is 14.6 Å². The van der Waals surface area contributed by atoms with Crippen molar-refractivity contribution >= 4 is 23.7 Å². The van der Waals surface area contributed by atoms with Crippen molar-refractivity contribution in [2.24, 2.45) is 10.4 Å². The first-order valence-corrected chi connectivity index (χ1v) is 17.6. The van der Waals surface area contributed by atoms with E-state index >= 15 is 0 Å². The van der Waals surface area contributed by atoms with Gasteiger partial charge >= 0.3 is 5.97 Å². The number of pyridine rings is 1. The highest BCUT2D eigenvalue weighted by Gasteiger charge is 2.36. The molecule has 2 aliphatic heterocycles. The molecular weight excluding hydrogens is 624 g/mol. The highest BCUT2D eigenvalue weighted by Crippen LogP contribution is 2.45. The number of aromatic nitrogens is 3. The molecule has 4 heterocycles. The molecule has 1 saturated heterocycles. The van der Waals surface area contributed by atoms with E-state index in [1.165, 1.54) is 11.1 Å². The van der Waals surface area contributed by atoms with Crippen LogP contribution in [0.1, 0.15) is 87.2 Å². The molecule has 2 aliphatic rings. The number of carbonyl (C=O) groups is 1. The minimum Gasteiger partial charge on any atom is -0.479 e. The van der Waals surface area contributed by atoms with E-state index in [-0.39, 0.29) is 5.41 Å². The van der Waals surface area contributed by atoms with Gasteiger partial charge in [0.15, 0.2) is 11.9 Å². The van der Waals surface area contributed by atoms with Gasteiger partial charge in [-0.1, -0.05) is 62.4 Å². The molecule has 9 heteroatoms. The molecule has 6 rings (SSSR count). The van der Waals surface area contributed by atoms with Crippen LogP contribution < -0.4 is 9.80 Å². The molecule has 1 fully saturated rings. The summed E-state index contributed by atoms with van der Waals surface area (Å²) in [5, 5.41) is 19.9. The van der Waals surface area contributed by atoms with Crippen LogP contribution in [0.5, 0.6) is 0 Å². The van der Waals surface area contributed by atoms with Gasteiger partial charge in [0.25, 0.3) is 0 Å². The zero-order valence-electron chi connectivity index (χ0n) is 30.7. The second kappa shape index (κ2) is 13.9. The van der Waals surface area contributed by atoms with Crippen LogP contribution in [0.25, 0.3) is 22.4 Å². The summed E-state index contributed by atoms with van der Waals surface area (Å²) in [7, 11) is 1.78. The molecule has 0 spiro atoms. The fourth-order valence-corrected chi connectivity index (χ4v) is 7.27. The van der Waals surface area contributed by atoms with Gasteiger partial charge in [-0.2, -0.15) is 0 Å². The lowest BCUT2D eigenvalue weighted by molar-refractivity contribution is -0.160. The number of carboxylic acids is 1. The van der Waals surface area contributed by atoms with Crippen LogP contribution in [0.15, 0.2) is 59.6 Å². The fraction of sp³-hybridized carbons (Fsp3) is 0.439. The first-order chi connectivity index (χ1) is 23.7. The molecule has 2 aromatic heterocycles. The summed E-state index contributed by atoms with van der Waals surface area (Å²) in [6.07, 6.45) is 3.58. The second-order valence-electron chi connectivity index (χ2n) is 15.4. The smallest absolute Gasteiger partial charge is 0.337 e. The third kappa shape index (κ3) is 7.43. The minimum atomic E-state index is -1.15. The maximum absolute atomic E-state index is 12.9. The summed E-state index contributed by atoms with van der Waals surface area (Å²) in [4.78, 5) is 26.9. The molecule has 0 unspecified atom stereocenters. The molecule has 4 aromatic rings. The molecule has 1 atom stereocenters. The number of piperidine rings is 1. The van der Waals surface area contributed by atoms with Crippen LogP contribution in [0, 0.1) is 19.3 Å². The van der Waals surface area contributed by atoms with Gasteiger partial charge in [-0.25, -0.2) is 4.79 Å².